The minimum atomic E-state index is 0.799. The van der Waals surface area contributed by atoms with Crippen molar-refractivity contribution in [1.29, 1.82) is 0 Å². The molecule has 0 amide bonds. The quantitative estimate of drug-likeness (QED) is 0.133. The van der Waals surface area contributed by atoms with Gasteiger partial charge in [0.05, 0.1) is 7.85 Å². The van der Waals surface area contributed by atoms with Crippen molar-refractivity contribution in [2.75, 3.05) is 0 Å². The average Bonchev–Trinajstić information content (AvgIpc) is 2.66. The van der Waals surface area contributed by atoms with Crippen LogP contribution in [0.25, 0.3) is 0 Å². The van der Waals surface area contributed by atoms with E-state index in [1.165, 1.54) is 135 Å². The summed E-state index contributed by atoms with van der Waals surface area (Å²) < 4.78 is 0. The van der Waals surface area contributed by atoms with Crippen LogP contribution < -0.4 is 0 Å². The predicted octanol–water partition coefficient (Wildman–Crippen LogP) is 9.42. The summed E-state index contributed by atoms with van der Waals surface area (Å²) >= 11 is 0. The standard InChI is InChI=1S/C25H51B/c1-3-5-7-8-9-10-11-12-13-14-15-16-17-18-19-21-23-25(24-26)22-20-6-4-2/h25H,3-24H2,1-2H3. The zero-order chi connectivity index (χ0) is 19.1. The molecule has 154 valence electrons. The van der Waals surface area contributed by atoms with Crippen molar-refractivity contribution in [1.82, 2.24) is 0 Å². The first-order chi connectivity index (χ1) is 12.8. The molecule has 0 saturated heterocycles. The molecule has 0 rings (SSSR count). The Hall–Kier alpha value is 0.0649. The number of hydrogen-bond acceptors (Lipinski definition) is 0. The lowest BCUT2D eigenvalue weighted by molar-refractivity contribution is 0.435. The molecule has 0 aromatic rings. The fourth-order valence-electron chi connectivity index (χ4n) is 4.04. The maximum atomic E-state index is 5.92. The summed E-state index contributed by atoms with van der Waals surface area (Å²) in [6, 6.07) is 0. The third-order valence-electron chi connectivity index (χ3n) is 6.02. The highest BCUT2D eigenvalue weighted by Crippen LogP contribution is 2.21. The van der Waals surface area contributed by atoms with Crippen molar-refractivity contribution in [2.24, 2.45) is 5.92 Å². The summed E-state index contributed by atoms with van der Waals surface area (Å²) in [5.41, 5.74) is 0. The SMILES string of the molecule is [B]CC(CCCCC)CCCCCCCCCCCCCCCCCC. The summed E-state index contributed by atoms with van der Waals surface area (Å²) in [5.74, 6) is 0.799. The zero-order valence-electron chi connectivity index (χ0n) is 18.7. The van der Waals surface area contributed by atoms with Crippen LogP contribution in [0.4, 0.5) is 0 Å². The van der Waals surface area contributed by atoms with E-state index in [9.17, 15) is 0 Å². The van der Waals surface area contributed by atoms with Gasteiger partial charge in [0.2, 0.25) is 0 Å². The van der Waals surface area contributed by atoms with Crippen molar-refractivity contribution in [3.8, 4) is 0 Å². The van der Waals surface area contributed by atoms with E-state index in [0.717, 1.165) is 12.2 Å². The molecule has 0 bridgehead atoms. The van der Waals surface area contributed by atoms with E-state index in [1.54, 1.807) is 0 Å². The second-order valence-electron chi connectivity index (χ2n) is 8.69. The first-order valence-electron chi connectivity index (χ1n) is 12.5. The van der Waals surface area contributed by atoms with E-state index in [-0.39, 0.29) is 0 Å². The Kier molecular flexibility index (Phi) is 23.2. The molecular weight excluding hydrogens is 311 g/mol. The molecule has 1 atom stereocenters. The summed E-state index contributed by atoms with van der Waals surface area (Å²) in [7, 11) is 5.92. The van der Waals surface area contributed by atoms with Crippen LogP contribution in [0.5, 0.6) is 0 Å². The van der Waals surface area contributed by atoms with Gasteiger partial charge in [-0.25, -0.2) is 0 Å². The van der Waals surface area contributed by atoms with Crippen molar-refractivity contribution in [3.05, 3.63) is 0 Å². The Balaban J connectivity index is 3.14. The third-order valence-corrected chi connectivity index (χ3v) is 6.02. The van der Waals surface area contributed by atoms with Crippen molar-refractivity contribution in [3.63, 3.8) is 0 Å². The number of unbranched alkanes of at least 4 members (excludes halogenated alkanes) is 17. The maximum Gasteiger partial charge on any atom is 0.0656 e. The molecule has 0 aliphatic carbocycles. The molecule has 0 fully saturated rings. The fraction of sp³-hybridized carbons (Fsp3) is 1.00. The minimum absolute atomic E-state index is 0.799. The molecule has 0 N–H and O–H groups in total. The molecule has 0 spiro atoms. The Bertz CT molecular complexity index is 238. The van der Waals surface area contributed by atoms with Gasteiger partial charge in [0.25, 0.3) is 0 Å². The van der Waals surface area contributed by atoms with Crippen LogP contribution in [-0.2, 0) is 0 Å². The normalized spacial score (nSPS) is 12.5. The zero-order valence-corrected chi connectivity index (χ0v) is 18.7. The highest BCUT2D eigenvalue weighted by molar-refractivity contribution is 6.08. The van der Waals surface area contributed by atoms with Crippen molar-refractivity contribution < 1.29 is 0 Å². The van der Waals surface area contributed by atoms with Crippen LogP contribution in [0, 0.1) is 5.92 Å². The number of rotatable bonds is 22. The third kappa shape index (κ3) is 20.4. The molecule has 1 heteroatoms. The van der Waals surface area contributed by atoms with Gasteiger partial charge in [0.15, 0.2) is 0 Å². The topological polar surface area (TPSA) is 0 Å². The van der Waals surface area contributed by atoms with Gasteiger partial charge in [-0.15, -0.1) is 0 Å². The van der Waals surface area contributed by atoms with E-state index in [2.05, 4.69) is 13.8 Å². The van der Waals surface area contributed by atoms with E-state index in [1.807, 2.05) is 0 Å². The lowest BCUT2D eigenvalue weighted by Crippen LogP contribution is -2.00. The molecule has 1 unspecified atom stereocenters. The molecule has 26 heavy (non-hydrogen) atoms. The Morgan fingerprint density at radius 2 is 0.692 bits per heavy atom. The molecule has 0 nitrogen and oxygen atoms in total. The minimum Gasteiger partial charge on any atom is -0.0859 e. The van der Waals surface area contributed by atoms with Crippen molar-refractivity contribution >= 4 is 7.85 Å². The molecule has 0 aliphatic heterocycles. The van der Waals surface area contributed by atoms with Crippen molar-refractivity contribution in [2.45, 2.75) is 155 Å². The van der Waals surface area contributed by atoms with Crippen LogP contribution >= 0.6 is 0 Å². The highest BCUT2D eigenvalue weighted by atomic mass is 14.1. The fourth-order valence-corrected chi connectivity index (χ4v) is 4.04. The van der Waals surface area contributed by atoms with Gasteiger partial charge in [-0.05, 0) is 5.92 Å². The Labute approximate surface area is 169 Å². The van der Waals surface area contributed by atoms with Gasteiger partial charge in [0, 0.05) is 0 Å². The first kappa shape index (κ1) is 26.1. The van der Waals surface area contributed by atoms with Crippen LogP contribution in [0.1, 0.15) is 149 Å². The van der Waals surface area contributed by atoms with E-state index in [4.69, 9.17) is 7.85 Å². The van der Waals surface area contributed by atoms with E-state index in [0.29, 0.717) is 0 Å². The number of hydrogen-bond donors (Lipinski definition) is 0. The van der Waals surface area contributed by atoms with Gasteiger partial charge in [-0.1, -0.05) is 155 Å². The monoisotopic (exact) mass is 362 g/mol. The maximum absolute atomic E-state index is 5.92. The molecule has 0 heterocycles. The lowest BCUT2D eigenvalue weighted by atomic mass is 9.83. The van der Waals surface area contributed by atoms with Gasteiger partial charge in [-0.3, -0.25) is 0 Å². The summed E-state index contributed by atoms with van der Waals surface area (Å²) in [4.78, 5) is 0. The van der Waals surface area contributed by atoms with Gasteiger partial charge in [0.1, 0.15) is 0 Å². The largest absolute Gasteiger partial charge is 0.0859 e. The van der Waals surface area contributed by atoms with Crippen LogP contribution in [0.15, 0.2) is 0 Å². The van der Waals surface area contributed by atoms with Gasteiger partial charge in [-0.2, -0.15) is 0 Å². The Morgan fingerprint density at radius 1 is 0.423 bits per heavy atom. The highest BCUT2D eigenvalue weighted by Gasteiger charge is 2.05. The van der Waals surface area contributed by atoms with E-state index >= 15 is 0 Å². The smallest absolute Gasteiger partial charge is 0.0656 e. The second kappa shape index (κ2) is 23.1. The summed E-state index contributed by atoms with van der Waals surface area (Å²) in [6.07, 6.45) is 31.0. The molecule has 0 aromatic heterocycles. The molecule has 0 aromatic carbocycles. The van der Waals surface area contributed by atoms with Crippen LogP contribution in [0.3, 0.4) is 0 Å². The Morgan fingerprint density at radius 3 is 1.04 bits per heavy atom. The lowest BCUT2D eigenvalue weighted by Gasteiger charge is -2.14. The van der Waals surface area contributed by atoms with E-state index < -0.39 is 0 Å². The molecule has 2 radical (unpaired) electrons. The van der Waals surface area contributed by atoms with Gasteiger partial charge < -0.3 is 0 Å². The average molecular weight is 362 g/mol. The van der Waals surface area contributed by atoms with Crippen LogP contribution in [-0.4, -0.2) is 7.85 Å². The molecule has 0 aliphatic rings. The second-order valence-corrected chi connectivity index (χ2v) is 8.69. The summed E-state index contributed by atoms with van der Waals surface area (Å²) in [6.45, 7) is 4.58. The van der Waals surface area contributed by atoms with Crippen LogP contribution in [0.2, 0.25) is 6.32 Å². The molecule has 0 saturated carbocycles. The predicted molar refractivity (Wildman–Crippen MR) is 122 cm³/mol. The first-order valence-corrected chi connectivity index (χ1v) is 12.5. The van der Waals surface area contributed by atoms with Gasteiger partial charge >= 0.3 is 0 Å². The summed E-state index contributed by atoms with van der Waals surface area (Å²) in [5, 5.41) is 0. The molecular formula is C25H51B.